The summed E-state index contributed by atoms with van der Waals surface area (Å²) in [6.07, 6.45) is 5.59. The fourth-order valence-corrected chi connectivity index (χ4v) is 1.89. The summed E-state index contributed by atoms with van der Waals surface area (Å²) < 4.78 is 0. The van der Waals surface area contributed by atoms with Crippen molar-refractivity contribution >= 4 is 16.9 Å². The molecule has 0 aliphatic heterocycles. The molecule has 0 radical (unpaired) electrons. The smallest absolute Gasteiger partial charge is 0.271 e. The van der Waals surface area contributed by atoms with Gasteiger partial charge in [-0.1, -0.05) is 12.1 Å². The third-order valence-corrected chi connectivity index (χ3v) is 2.88. The van der Waals surface area contributed by atoms with Crippen LogP contribution in [-0.4, -0.2) is 32.4 Å². The van der Waals surface area contributed by atoms with E-state index in [9.17, 15) is 4.79 Å². The van der Waals surface area contributed by atoms with Crippen LogP contribution >= 0.6 is 0 Å². The number of nitrogens with zero attached hydrogens (tertiary/aromatic N) is 3. The third kappa shape index (κ3) is 2.64. The van der Waals surface area contributed by atoms with E-state index in [2.05, 4.69) is 25.3 Å². The molecule has 0 atom stereocenters. The molecule has 0 bridgehead atoms. The van der Waals surface area contributed by atoms with Crippen molar-refractivity contribution in [2.24, 2.45) is 0 Å². The average Bonchev–Trinajstić information content (AvgIpc) is 3.00. The maximum absolute atomic E-state index is 12.0. The Morgan fingerprint density at radius 2 is 2.05 bits per heavy atom. The van der Waals surface area contributed by atoms with Crippen molar-refractivity contribution in [3.63, 3.8) is 0 Å². The fourth-order valence-electron chi connectivity index (χ4n) is 1.89. The van der Waals surface area contributed by atoms with E-state index in [0.717, 1.165) is 11.3 Å². The van der Waals surface area contributed by atoms with Crippen LogP contribution in [-0.2, 0) is 6.42 Å². The molecule has 0 spiro atoms. The Bertz CT molecular complexity index is 723. The van der Waals surface area contributed by atoms with Crippen molar-refractivity contribution in [1.29, 1.82) is 0 Å². The number of carbonyl (C=O) groups excluding carboxylic acids is 1. The molecule has 2 aromatic heterocycles. The van der Waals surface area contributed by atoms with E-state index in [4.69, 9.17) is 0 Å². The molecule has 0 aliphatic carbocycles. The molecule has 6 heteroatoms. The number of amides is 1. The molecule has 20 heavy (non-hydrogen) atoms. The Hall–Kier alpha value is -2.76. The van der Waals surface area contributed by atoms with Gasteiger partial charge in [-0.15, -0.1) is 0 Å². The Labute approximate surface area is 115 Å². The first-order valence-electron chi connectivity index (χ1n) is 6.31. The van der Waals surface area contributed by atoms with Gasteiger partial charge in [0.05, 0.1) is 17.2 Å². The molecule has 0 unspecified atom stereocenters. The zero-order chi connectivity index (χ0) is 13.8. The van der Waals surface area contributed by atoms with Gasteiger partial charge in [0.25, 0.3) is 5.91 Å². The van der Waals surface area contributed by atoms with Crippen LogP contribution in [0.25, 0.3) is 11.0 Å². The number of nitrogens with one attached hydrogen (secondary N) is 2. The Morgan fingerprint density at radius 1 is 1.20 bits per heavy atom. The van der Waals surface area contributed by atoms with Crippen molar-refractivity contribution in [2.45, 2.75) is 6.42 Å². The maximum atomic E-state index is 12.0. The molecule has 6 nitrogen and oxygen atoms in total. The van der Waals surface area contributed by atoms with E-state index in [-0.39, 0.29) is 5.91 Å². The van der Waals surface area contributed by atoms with Crippen LogP contribution in [0.15, 0.2) is 42.9 Å². The molecule has 2 N–H and O–H groups in total. The minimum absolute atomic E-state index is 0.227. The number of imidazole rings is 1. The maximum Gasteiger partial charge on any atom is 0.271 e. The molecule has 0 fully saturated rings. The average molecular weight is 267 g/mol. The van der Waals surface area contributed by atoms with Gasteiger partial charge in [-0.25, -0.2) is 9.97 Å². The SMILES string of the molecule is O=C(NCCc1ncc[nH]1)c1cnc2ccccc2n1. The van der Waals surface area contributed by atoms with E-state index >= 15 is 0 Å². The third-order valence-electron chi connectivity index (χ3n) is 2.88. The summed E-state index contributed by atoms with van der Waals surface area (Å²) in [5.41, 5.74) is 1.81. The molecular weight excluding hydrogens is 254 g/mol. The summed E-state index contributed by atoms with van der Waals surface area (Å²) in [5.74, 6) is 0.615. The van der Waals surface area contributed by atoms with Crippen LogP contribution in [0.2, 0.25) is 0 Å². The lowest BCUT2D eigenvalue weighted by molar-refractivity contribution is 0.0949. The predicted molar refractivity (Wildman–Crippen MR) is 74.2 cm³/mol. The number of para-hydroxylation sites is 2. The number of carbonyl (C=O) groups is 1. The first kappa shape index (κ1) is 12.3. The van der Waals surface area contributed by atoms with Crippen molar-refractivity contribution in [3.8, 4) is 0 Å². The van der Waals surface area contributed by atoms with Gasteiger partial charge in [-0.3, -0.25) is 9.78 Å². The van der Waals surface area contributed by atoms with Gasteiger partial charge in [0.1, 0.15) is 11.5 Å². The fraction of sp³-hybridized carbons (Fsp3) is 0.143. The van der Waals surface area contributed by atoms with E-state index in [1.165, 1.54) is 6.20 Å². The van der Waals surface area contributed by atoms with E-state index in [1.807, 2.05) is 24.3 Å². The second kappa shape index (κ2) is 5.48. The highest BCUT2D eigenvalue weighted by molar-refractivity contribution is 5.93. The van der Waals surface area contributed by atoms with Crippen LogP contribution in [0.1, 0.15) is 16.3 Å². The van der Waals surface area contributed by atoms with Crippen molar-refractivity contribution in [3.05, 3.63) is 54.4 Å². The van der Waals surface area contributed by atoms with Gasteiger partial charge in [-0.05, 0) is 12.1 Å². The lowest BCUT2D eigenvalue weighted by atomic mass is 10.3. The quantitative estimate of drug-likeness (QED) is 0.747. The highest BCUT2D eigenvalue weighted by Crippen LogP contribution is 2.08. The lowest BCUT2D eigenvalue weighted by Gasteiger charge is -2.04. The predicted octanol–water partition coefficient (Wildman–Crippen LogP) is 1.33. The summed E-state index contributed by atoms with van der Waals surface area (Å²) in [6, 6.07) is 7.46. The molecule has 0 saturated carbocycles. The summed E-state index contributed by atoms with van der Waals surface area (Å²) in [4.78, 5) is 27.6. The standard InChI is InChI=1S/C14H13N5O/c20-14(17-6-5-13-15-7-8-16-13)12-9-18-10-3-1-2-4-11(10)19-12/h1-4,7-9H,5-6H2,(H,15,16)(H,17,20). The number of benzene rings is 1. The Kier molecular flexibility index (Phi) is 3.36. The highest BCUT2D eigenvalue weighted by atomic mass is 16.1. The van der Waals surface area contributed by atoms with Gasteiger partial charge < -0.3 is 10.3 Å². The van der Waals surface area contributed by atoms with Crippen LogP contribution in [0.4, 0.5) is 0 Å². The van der Waals surface area contributed by atoms with Crippen molar-refractivity contribution in [1.82, 2.24) is 25.3 Å². The molecule has 1 amide bonds. The zero-order valence-electron chi connectivity index (χ0n) is 10.7. The molecule has 2 heterocycles. The second-order valence-electron chi connectivity index (χ2n) is 4.29. The van der Waals surface area contributed by atoms with E-state index < -0.39 is 0 Å². The number of rotatable bonds is 4. The van der Waals surface area contributed by atoms with Crippen molar-refractivity contribution < 1.29 is 4.79 Å². The molecular formula is C14H13N5O. The Balaban J connectivity index is 1.66. The van der Waals surface area contributed by atoms with E-state index in [1.54, 1.807) is 12.4 Å². The summed E-state index contributed by atoms with van der Waals surface area (Å²) >= 11 is 0. The number of aromatic amines is 1. The number of H-pyrrole nitrogens is 1. The van der Waals surface area contributed by atoms with Gasteiger partial charge in [-0.2, -0.15) is 0 Å². The minimum atomic E-state index is -0.227. The first-order valence-corrected chi connectivity index (χ1v) is 6.31. The topological polar surface area (TPSA) is 83.6 Å². The van der Waals surface area contributed by atoms with Gasteiger partial charge in [0.2, 0.25) is 0 Å². The largest absolute Gasteiger partial charge is 0.350 e. The Morgan fingerprint density at radius 3 is 2.85 bits per heavy atom. The molecule has 3 aromatic rings. The second-order valence-corrected chi connectivity index (χ2v) is 4.29. The highest BCUT2D eigenvalue weighted by Gasteiger charge is 2.08. The number of hydrogen-bond acceptors (Lipinski definition) is 4. The number of aromatic nitrogens is 4. The molecule has 0 saturated heterocycles. The molecule has 0 aliphatic rings. The molecule has 100 valence electrons. The normalized spacial score (nSPS) is 10.6. The van der Waals surface area contributed by atoms with Gasteiger partial charge >= 0.3 is 0 Å². The summed E-state index contributed by atoms with van der Waals surface area (Å²) in [5, 5.41) is 2.80. The monoisotopic (exact) mass is 267 g/mol. The minimum Gasteiger partial charge on any atom is -0.350 e. The lowest BCUT2D eigenvalue weighted by Crippen LogP contribution is -2.27. The van der Waals surface area contributed by atoms with Crippen LogP contribution in [0, 0.1) is 0 Å². The van der Waals surface area contributed by atoms with E-state index in [0.29, 0.717) is 24.2 Å². The first-order chi connectivity index (χ1) is 9.83. The zero-order valence-corrected chi connectivity index (χ0v) is 10.7. The molecule has 1 aromatic carbocycles. The van der Waals surface area contributed by atoms with Crippen LogP contribution < -0.4 is 5.32 Å². The summed E-state index contributed by atoms with van der Waals surface area (Å²) in [7, 11) is 0. The summed E-state index contributed by atoms with van der Waals surface area (Å²) in [6.45, 7) is 0.501. The van der Waals surface area contributed by atoms with Gasteiger partial charge in [0.15, 0.2) is 0 Å². The number of hydrogen-bond donors (Lipinski definition) is 2. The van der Waals surface area contributed by atoms with Crippen LogP contribution in [0.5, 0.6) is 0 Å². The number of fused-ring (bicyclic) bond motifs is 1. The molecule has 3 rings (SSSR count). The van der Waals surface area contributed by atoms with Crippen molar-refractivity contribution in [2.75, 3.05) is 6.54 Å². The van der Waals surface area contributed by atoms with Crippen LogP contribution in [0.3, 0.4) is 0 Å². The van der Waals surface area contributed by atoms with Gasteiger partial charge in [0, 0.05) is 25.4 Å².